The van der Waals surface area contributed by atoms with Crippen molar-refractivity contribution < 1.29 is 4.21 Å². The topological polar surface area (TPSA) is 37.8 Å². The van der Waals surface area contributed by atoms with Crippen molar-refractivity contribution in [3.63, 3.8) is 0 Å². The van der Waals surface area contributed by atoms with Gasteiger partial charge in [0, 0.05) is 28.9 Å². The van der Waals surface area contributed by atoms with Crippen molar-refractivity contribution in [1.82, 2.24) is 9.55 Å². The maximum atomic E-state index is 11.2. The van der Waals surface area contributed by atoms with Crippen LogP contribution in [0.25, 0.3) is 11.0 Å². The van der Waals surface area contributed by atoms with Crippen molar-refractivity contribution in [3.05, 3.63) is 28.5 Å². The molecule has 1 heterocycles. The van der Waals surface area contributed by atoms with Crippen LogP contribution in [0, 0.1) is 11.7 Å². The molecule has 5 heteroatoms. The molecule has 0 fully saturated rings. The number of aromatic nitrogens is 2. The molecular weight excluding hydrogens is 264 g/mol. The van der Waals surface area contributed by atoms with Gasteiger partial charge in [0.25, 0.3) is 0 Å². The standard InChI is InChI=1S/C13H18N2OS2/c1-9-4-5-11-12(8-9)15(13(17)14-11)10(2)6-7-18(3)16/h4-5,8,10H,6-7H2,1-3H3,(H,14,17). The molecule has 0 saturated heterocycles. The Morgan fingerprint density at radius 3 is 2.89 bits per heavy atom. The quantitative estimate of drug-likeness (QED) is 0.873. The largest absolute Gasteiger partial charge is 0.331 e. The second-order valence-electron chi connectivity index (χ2n) is 4.74. The summed E-state index contributed by atoms with van der Waals surface area (Å²) in [6.45, 7) is 4.20. The Balaban J connectivity index is 2.42. The van der Waals surface area contributed by atoms with Crippen molar-refractivity contribution in [2.45, 2.75) is 26.3 Å². The fourth-order valence-corrected chi connectivity index (χ4v) is 3.20. The van der Waals surface area contributed by atoms with E-state index in [4.69, 9.17) is 12.2 Å². The monoisotopic (exact) mass is 282 g/mol. The maximum Gasteiger partial charge on any atom is 0.178 e. The van der Waals surface area contributed by atoms with Crippen molar-refractivity contribution >= 4 is 34.1 Å². The van der Waals surface area contributed by atoms with E-state index in [1.54, 1.807) is 6.26 Å². The zero-order valence-corrected chi connectivity index (χ0v) is 12.5. The molecule has 0 bridgehead atoms. The smallest absolute Gasteiger partial charge is 0.178 e. The number of fused-ring (bicyclic) bond motifs is 1. The summed E-state index contributed by atoms with van der Waals surface area (Å²) in [6.07, 6.45) is 2.61. The van der Waals surface area contributed by atoms with Gasteiger partial charge in [0.1, 0.15) is 0 Å². The summed E-state index contributed by atoms with van der Waals surface area (Å²) in [5.74, 6) is 0.710. The second-order valence-corrected chi connectivity index (χ2v) is 6.68. The molecule has 0 aliphatic rings. The van der Waals surface area contributed by atoms with Crippen LogP contribution in [0.4, 0.5) is 0 Å². The van der Waals surface area contributed by atoms with E-state index in [0.717, 1.165) is 22.2 Å². The average molecular weight is 282 g/mol. The van der Waals surface area contributed by atoms with Crippen LogP contribution in [0.5, 0.6) is 0 Å². The number of hydrogen-bond acceptors (Lipinski definition) is 2. The molecule has 2 rings (SSSR count). The zero-order chi connectivity index (χ0) is 13.3. The summed E-state index contributed by atoms with van der Waals surface area (Å²) in [6, 6.07) is 6.53. The first-order chi connectivity index (χ1) is 8.49. The molecule has 18 heavy (non-hydrogen) atoms. The molecule has 2 unspecified atom stereocenters. The van der Waals surface area contributed by atoms with E-state index >= 15 is 0 Å². The molecule has 2 atom stereocenters. The number of benzene rings is 1. The minimum atomic E-state index is -0.750. The number of hydrogen-bond donors (Lipinski definition) is 1. The molecule has 0 aliphatic carbocycles. The predicted octanol–water partition coefficient (Wildman–Crippen LogP) is 3.34. The third kappa shape index (κ3) is 2.72. The zero-order valence-electron chi connectivity index (χ0n) is 10.9. The van der Waals surface area contributed by atoms with Crippen LogP contribution in [-0.2, 0) is 10.8 Å². The number of nitrogens with one attached hydrogen (secondary N) is 1. The number of imidazole rings is 1. The fraction of sp³-hybridized carbons (Fsp3) is 0.462. The summed E-state index contributed by atoms with van der Waals surface area (Å²) >= 11 is 5.38. The van der Waals surface area contributed by atoms with E-state index in [0.29, 0.717) is 5.75 Å². The van der Waals surface area contributed by atoms with Crippen molar-refractivity contribution in [2.75, 3.05) is 12.0 Å². The summed E-state index contributed by atoms with van der Waals surface area (Å²) in [5, 5.41) is 0. The van der Waals surface area contributed by atoms with Gasteiger partial charge in [0.15, 0.2) is 4.77 Å². The normalized spacial score (nSPS) is 14.8. The highest BCUT2D eigenvalue weighted by molar-refractivity contribution is 7.84. The number of aromatic amines is 1. The van der Waals surface area contributed by atoms with Gasteiger partial charge in [-0.2, -0.15) is 0 Å². The first-order valence-corrected chi connectivity index (χ1v) is 8.13. The minimum absolute atomic E-state index is 0.261. The molecule has 2 aromatic rings. The summed E-state index contributed by atoms with van der Waals surface area (Å²) in [4.78, 5) is 3.22. The van der Waals surface area contributed by atoms with E-state index < -0.39 is 10.8 Å². The van der Waals surface area contributed by atoms with Gasteiger partial charge in [-0.1, -0.05) is 6.07 Å². The fourth-order valence-electron chi connectivity index (χ4n) is 2.13. The molecule has 1 aromatic heterocycles. The van der Waals surface area contributed by atoms with Crippen LogP contribution in [0.1, 0.15) is 24.9 Å². The van der Waals surface area contributed by atoms with Crippen molar-refractivity contribution in [1.29, 1.82) is 0 Å². The lowest BCUT2D eigenvalue weighted by Gasteiger charge is -2.14. The Hall–Kier alpha value is -0.940. The predicted molar refractivity (Wildman–Crippen MR) is 80.1 cm³/mol. The maximum absolute atomic E-state index is 11.2. The van der Waals surface area contributed by atoms with Crippen LogP contribution >= 0.6 is 12.2 Å². The highest BCUT2D eigenvalue weighted by Crippen LogP contribution is 2.22. The van der Waals surface area contributed by atoms with Crippen LogP contribution in [-0.4, -0.2) is 25.8 Å². The first-order valence-electron chi connectivity index (χ1n) is 6.00. The van der Waals surface area contributed by atoms with Crippen LogP contribution < -0.4 is 0 Å². The van der Waals surface area contributed by atoms with E-state index in [-0.39, 0.29) is 6.04 Å². The lowest BCUT2D eigenvalue weighted by Crippen LogP contribution is -2.09. The highest BCUT2D eigenvalue weighted by atomic mass is 32.2. The Bertz CT molecular complexity index is 642. The molecule has 0 saturated carbocycles. The molecule has 0 amide bonds. The number of nitrogens with zero attached hydrogens (tertiary/aromatic N) is 1. The minimum Gasteiger partial charge on any atom is -0.331 e. The van der Waals surface area contributed by atoms with E-state index in [9.17, 15) is 4.21 Å². The summed E-state index contributed by atoms with van der Waals surface area (Å²) in [7, 11) is -0.750. The van der Waals surface area contributed by atoms with Gasteiger partial charge in [0.05, 0.1) is 11.0 Å². The molecule has 1 N–H and O–H groups in total. The van der Waals surface area contributed by atoms with E-state index in [2.05, 4.69) is 41.6 Å². The lowest BCUT2D eigenvalue weighted by molar-refractivity contribution is 0.539. The number of H-pyrrole nitrogens is 1. The lowest BCUT2D eigenvalue weighted by atomic mass is 10.2. The van der Waals surface area contributed by atoms with Gasteiger partial charge < -0.3 is 9.55 Å². The molecule has 1 aromatic carbocycles. The number of rotatable bonds is 4. The highest BCUT2D eigenvalue weighted by Gasteiger charge is 2.11. The molecule has 3 nitrogen and oxygen atoms in total. The van der Waals surface area contributed by atoms with Gasteiger partial charge in [0.2, 0.25) is 0 Å². The van der Waals surface area contributed by atoms with Crippen molar-refractivity contribution in [3.8, 4) is 0 Å². The van der Waals surface area contributed by atoms with Crippen LogP contribution in [0.15, 0.2) is 18.2 Å². The molecule has 98 valence electrons. The molecule has 0 aliphatic heterocycles. The second kappa shape index (κ2) is 5.36. The van der Waals surface area contributed by atoms with Gasteiger partial charge in [-0.05, 0) is 50.2 Å². The molecule has 0 radical (unpaired) electrons. The van der Waals surface area contributed by atoms with Gasteiger partial charge in [-0.25, -0.2) is 0 Å². The Labute approximate surface area is 115 Å². The van der Waals surface area contributed by atoms with Crippen LogP contribution in [0.3, 0.4) is 0 Å². The van der Waals surface area contributed by atoms with Crippen molar-refractivity contribution in [2.24, 2.45) is 0 Å². The summed E-state index contributed by atoms with van der Waals surface area (Å²) in [5.41, 5.74) is 3.42. The van der Waals surface area contributed by atoms with Crippen LogP contribution in [0.2, 0.25) is 0 Å². The summed E-state index contributed by atoms with van der Waals surface area (Å²) < 4.78 is 14.1. The van der Waals surface area contributed by atoms with E-state index in [1.165, 1.54) is 5.56 Å². The average Bonchev–Trinajstić information content (AvgIpc) is 2.61. The van der Waals surface area contributed by atoms with Gasteiger partial charge in [-0.3, -0.25) is 4.21 Å². The third-order valence-corrected chi connectivity index (χ3v) is 4.25. The third-order valence-electron chi connectivity index (χ3n) is 3.14. The Morgan fingerprint density at radius 1 is 1.50 bits per heavy atom. The Morgan fingerprint density at radius 2 is 2.22 bits per heavy atom. The van der Waals surface area contributed by atoms with Gasteiger partial charge in [-0.15, -0.1) is 0 Å². The van der Waals surface area contributed by atoms with E-state index in [1.807, 2.05) is 0 Å². The Kier molecular flexibility index (Phi) is 4.02. The molecule has 0 spiro atoms. The first kappa shape index (κ1) is 13.5. The SMILES string of the molecule is Cc1ccc2[nH]c(=S)n(C(C)CCS(C)=O)c2c1. The van der Waals surface area contributed by atoms with Gasteiger partial charge >= 0.3 is 0 Å². The molecular formula is C13H18N2OS2. The number of aryl methyl sites for hydroxylation is 1.